The molecule has 1 rings (SSSR count). The second kappa shape index (κ2) is 5.32. The Labute approximate surface area is 86.0 Å². The summed E-state index contributed by atoms with van der Waals surface area (Å²) in [6, 6.07) is 0.585. The fraction of sp³-hybridized carbons (Fsp3) is 0.900. The van der Waals surface area contributed by atoms with E-state index in [1.54, 1.807) is 0 Å². The Balaban J connectivity index is 2.31. The first-order chi connectivity index (χ1) is 6.65. The minimum Gasteiger partial charge on any atom is -0.340 e. The maximum Gasteiger partial charge on any atom is 0.223 e. The second-order valence-corrected chi connectivity index (χ2v) is 4.05. The maximum atomic E-state index is 11.5. The van der Waals surface area contributed by atoms with Gasteiger partial charge in [-0.15, -0.1) is 0 Å². The molecular formula is C10H21N3O. The lowest BCUT2D eigenvalue weighted by Crippen LogP contribution is -2.50. The van der Waals surface area contributed by atoms with E-state index in [0.717, 1.165) is 26.2 Å². The quantitative estimate of drug-likeness (QED) is 0.690. The first-order valence-electron chi connectivity index (χ1n) is 5.37. The highest BCUT2D eigenvalue weighted by atomic mass is 16.2. The Morgan fingerprint density at radius 1 is 1.29 bits per heavy atom. The molecule has 1 amide bonds. The Morgan fingerprint density at radius 3 is 2.29 bits per heavy atom. The lowest BCUT2D eigenvalue weighted by molar-refractivity contribution is -0.132. The van der Waals surface area contributed by atoms with Crippen molar-refractivity contribution in [3.63, 3.8) is 0 Å². The van der Waals surface area contributed by atoms with Crippen LogP contribution in [0.5, 0.6) is 0 Å². The molecule has 4 nitrogen and oxygen atoms in total. The topological polar surface area (TPSA) is 49.6 Å². The number of amides is 1. The lowest BCUT2D eigenvalue weighted by Gasteiger charge is -2.36. The summed E-state index contributed by atoms with van der Waals surface area (Å²) in [5.41, 5.74) is 5.35. The van der Waals surface area contributed by atoms with Crippen LogP contribution in [0.3, 0.4) is 0 Å². The highest BCUT2D eigenvalue weighted by molar-refractivity contribution is 5.76. The largest absolute Gasteiger partial charge is 0.340 e. The van der Waals surface area contributed by atoms with Gasteiger partial charge in [-0.1, -0.05) is 0 Å². The summed E-state index contributed by atoms with van der Waals surface area (Å²) in [5, 5.41) is 0. The van der Waals surface area contributed by atoms with Crippen LogP contribution in [0.1, 0.15) is 20.3 Å². The molecule has 4 heteroatoms. The molecule has 0 aromatic rings. The van der Waals surface area contributed by atoms with Crippen molar-refractivity contribution in [1.82, 2.24) is 9.80 Å². The number of piperazine rings is 1. The van der Waals surface area contributed by atoms with E-state index < -0.39 is 0 Å². The number of hydrogen-bond donors (Lipinski definition) is 1. The summed E-state index contributed by atoms with van der Waals surface area (Å²) >= 11 is 0. The average Bonchev–Trinajstić information content (AvgIpc) is 2.18. The Kier molecular flexibility index (Phi) is 4.35. The Hall–Kier alpha value is -0.610. The molecule has 1 aliphatic heterocycles. The van der Waals surface area contributed by atoms with Crippen LogP contribution in [-0.2, 0) is 4.79 Å². The third kappa shape index (κ3) is 2.96. The summed E-state index contributed by atoms with van der Waals surface area (Å²) in [7, 11) is 0. The van der Waals surface area contributed by atoms with E-state index in [4.69, 9.17) is 5.73 Å². The third-order valence-corrected chi connectivity index (χ3v) is 2.76. The molecule has 0 saturated carbocycles. The predicted octanol–water partition coefficient (Wildman–Crippen LogP) is -0.112. The van der Waals surface area contributed by atoms with Crippen LogP contribution >= 0.6 is 0 Å². The van der Waals surface area contributed by atoms with Crippen molar-refractivity contribution in [3.8, 4) is 0 Å². The van der Waals surface area contributed by atoms with Gasteiger partial charge in [0.1, 0.15) is 0 Å². The first kappa shape index (κ1) is 11.5. The number of nitrogens with two attached hydrogens (primary N) is 1. The van der Waals surface area contributed by atoms with Crippen molar-refractivity contribution < 1.29 is 4.79 Å². The van der Waals surface area contributed by atoms with Crippen molar-refractivity contribution in [3.05, 3.63) is 0 Å². The zero-order valence-corrected chi connectivity index (χ0v) is 9.20. The van der Waals surface area contributed by atoms with Crippen molar-refractivity contribution in [2.75, 3.05) is 32.7 Å². The van der Waals surface area contributed by atoms with Crippen LogP contribution < -0.4 is 5.73 Å². The zero-order valence-electron chi connectivity index (χ0n) is 9.20. The smallest absolute Gasteiger partial charge is 0.223 e. The van der Waals surface area contributed by atoms with E-state index in [-0.39, 0.29) is 5.91 Å². The van der Waals surface area contributed by atoms with E-state index in [9.17, 15) is 4.79 Å². The Morgan fingerprint density at radius 2 is 1.86 bits per heavy atom. The summed E-state index contributed by atoms with van der Waals surface area (Å²) < 4.78 is 0. The molecule has 0 bridgehead atoms. The molecule has 0 spiro atoms. The van der Waals surface area contributed by atoms with E-state index >= 15 is 0 Å². The second-order valence-electron chi connectivity index (χ2n) is 4.05. The van der Waals surface area contributed by atoms with Crippen molar-refractivity contribution in [1.29, 1.82) is 0 Å². The van der Waals surface area contributed by atoms with Crippen LogP contribution in [0, 0.1) is 0 Å². The van der Waals surface area contributed by atoms with Gasteiger partial charge in [0.15, 0.2) is 0 Å². The number of rotatable bonds is 3. The molecule has 1 fully saturated rings. The van der Waals surface area contributed by atoms with Crippen LogP contribution in [0.15, 0.2) is 0 Å². The fourth-order valence-corrected chi connectivity index (χ4v) is 1.77. The molecule has 14 heavy (non-hydrogen) atoms. The van der Waals surface area contributed by atoms with Crippen LogP contribution in [0.4, 0.5) is 0 Å². The van der Waals surface area contributed by atoms with Gasteiger partial charge >= 0.3 is 0 Å². The Bertz CT molecular complexity index is 186. The van der Waals surface area contributed by atoms with Gasteiger partial charge in [0.25, 0.3) is 0 Å². The molecule has 82 valence electrons. The number of carbonyl (C=O) groups is 1. The highest BCUT2D eigenvalue weighted by Gasteiger charge is 2.21. The van der Waals surface area contributed by atoms with E-state index in [0.29, 0.717) is 19.0 Å². The molecule has 2 N–H and O–H groups in total. The molecule has 0 aromatic heterocycles. The number of nitrogens with zero attached hydrogens (tertiary/aromatic N) is 2. The molecule has 0 atom stereocenters. The monoisotopic (exact) mass is 199 g/mol. The summed E-state index contributed by atoms with van der Waals surface area (Å²) in [6.45, 7) is 8.55. The summed E-state index contributed by atoms with van der Waals surface area (Å²) in [6.07, 6.45) is 0.488. The summed E-state index contributed by atoms with van der Waals surface area (Å²) in [5.74, 6) is 0.205. The van der Waals surface area contributed by atoms with Crippen LogP contribution in [-0.4, -0.2) is 54.5 Å². The third-order valence-electron chi connectivity index (χ3n) is 2.76. The number of hydrogen-bond acceptors (Lipinski definition) is 3. The standard InChI is InChI=1S/C10H21N3O/c1-9(2)12-5-7-13(8-6-12)10(14)3-4-11/h9H,3-8,11H2,1-2H3. The maximum absolute atomic E-state index is 11.5. The molecular weight excluding hydrogens is 178 g/mol. The van der Waals surface area contributed by atoms with Crippen LogP contribution in [0.25, 0.3) is 0 Å². The van der Waals surface area contributed by atoms with Gasteiger partial charge in [0.2, 0.25) is 5.91 Å². The molecule has 0 aliphatic carbocycles. The van der Waals surface area contributed by atoms with Crippen molar-refractivity contribution in [2.24, 2.45) is 5.73 Å². The normalized spacial score (nSPS) is 19.0. The molecule has 1 saturated heterocycles. The minimum absolute atomic E-state index is 0.205. The SMILES string of the molecule is CC(C)N1CCN(C(=O)CCN)CC1. The van der Waals surface area contributed by atoms with Crippen molar-refractivity contribution >= 4 is 5.91 Å². The molecule has 1 heterocycles. The van der Waals surface area contributed by atoms with Gasteiger partial charge in [-0.2, -0.15) is 0 Å². The minimum atomic E-state index is 0.205. The highest BCUT2D eigenvalue weighted by Crippen LogP contribution is 2.06. The molecule has 1 aliphatic rings. The molecule has 0 aromatic carbocycles. The van der Waals surface area contributed by atoms with Gasteiger partial charge in [0.05, 0.1) is 0 Å². The molecule has 0 radical (unpaired) electrons. The van der Waals surface area contributed by atoms with E-state index in [1.807, 2.05) is 4.90 Å². The van der Waals surface area contributed by atoms with E-state index in [1.165, 1.54) is 0 Å². The summed E-state index contributed by atoms with van der Waals surface area (Å²) in [4.78, 5) is 15.8. The number of carbonyl (C=O) groups excluding carboxylic acids is 1. The van der Waals surface area contributed by atoms with Gasteiger partial charge in [-0.05, 0) is 13.8 Å². The van der Waals surface area contributed by atoms with Gasteiger partial charge in [-0.25, -0.2) is 0 Å². The van der Waals surface area contributed by atoms with Gasteiger partial charge in [0, 0.05) is 45.2 Å². The first-order valence-corrected chi connectivity index (χ1v) is 5.37. The van der Waals surface area contributed by atoms with Gasteiger partial charge < -0.3 is 10.6 Å². The predicted molar refractivity (Wildman–Crippen MR) is 57.0 cm³/mol. The lowest BCUT2D eigenvalue weighted by atomic mass is 10.2. The zero-order chi connectivity index (χ0) is 10.6. The van der Waals surface area contributed by atoms with Gasteiger partial charge in [-0.3, -0.25) is 9.69 Å². The average molecular weight is 199 g/mol. The van der Waals surface area contributed by atoms with Crippen LogP contribution in [0.2, 0.25) is 0 Å². The fourth-order valence-electron chi connectivity index (χ4n) is 1.77. The van der Waals surface area contributed by atoms with E-state index in [2.05, 4.69) is 18.7 Å². The molecule has 0 unspecified atom stereocenters. The van der Waals surface area contributed by atoms with Crippen molar-refractivity contribution in [2.45, 2.75) is 26.3 Å².